The third-order valence-corrected chi connectivity index (χ3v) is 5.59. The summed E-state index contributed by atoms with van der Waals surface area (Å²) in [6, 6.07) is 20.3. The highest BCUT2D eigenvalue weighted by molar-refractivity contribution is 5.70. The van der Waals surface area contributed by atoms with Crippen LogP contribution in [-0.2, 0) is 31.9 Å². The van der Waals surface area contributed by atoms with E-state index in [0.717, 1.165) is 51.4 Å². The van der Waals surface area contributed by atoms with Crippen molar-refractivity contribution in [2.24, 2.45) is 0 Å². The Morgan fingerprint density at radius 3 is 1.47 bits per heavy atom. The minimum absolute atomic E-state index is 0.192. The van der Waals surface area contributed by atoms with Crippen molar-refractivity contribution in [3.63, 3.8) is 0 Å². The molecule has 0 bridgehead atoms. The first-order valence-corrected chi connectivity index (χ1v) is 11.2. The maximum Gasteiger partial charge on any atom is 0.306 e. The van der Waals surface area contributed by atoms with E-state index in [4.69, 9.17) is 9.47 Å². The van der Waals surface area contributed by atoms with Crippen LogP contribution in [0.25, 0.3) is 0 Å². The number of hydrogen-bond acceptors (Lipinski definition) is 4. The standard InChI is InChI=1S/C26H32O4/c27-25(19-9-15-21-11-3-1-4-12-21)29-23-17-7-8-18-24(23)30-26(28)20-10-16-22-13-5-2-6-14-22/h1-6,11-14,23-24H,7-10,15-20H2/t23-,24-/m0/s1. The number of rotatable bonds is 10. The zero-order valence-electron chi connectivity index (χ0n) is 17.6. The Labute approximate surface area is 179 Å². The molecule has 0 aliphatic heterocycles. The van der Waals surface area contributed by atoms with Gasteiger partial charge >= 0.3 is 11.9 Å². The number of benzene rings is 2. The molecule has 2 aromatic rings. The molecule has 0 aromatic heterocycles. The van der Waals surface area contributed by atoms with Crippen molar-refractivity contribution < 1.29 is 19.1 Å². The van der Waals surface area contributed by atoms with Crippen LogP contribution in [0.2, 0.25) is 0 Å². The predicted molar refractivity (Wildman–Crippen MR) is 117 cm³/mol. The molecule has 160 valence electrons. The van der Waals surface area contributed by atoms with Crippen molar-refractivity contribution in [1.29, 1.82) is 0 Å². The van der Waals surface area contributed by atoms with Crippen molar-refractivity contribution in [1.82, 2.24) is 0 Å². The molecule has 2 atom stereocenters. The van der Waals surface area contributed by atoms with E-state index in [9.17, 15) is 9.59 Å². The fourth-order valence-electron chi connectivity index (χ4n) is 3.95. The highest BCUT2D eigenvalue weighted by Gasteiger charge is 2.31. The molecular weight excluding hydrogens is 376 g/mol. The number of aryl methyl sites for hydroxylation is 2. The van der Waals surface area contributed by atoms with Crippen LogP contribution in [0, 0.1) is 0 Å². The molecule has 1 fully saturated rings. The lowest BCUT2D eigenvalue weighted by atomic mass is 9.94. The first-order chi connectivity index (χ1) is 14.7. The molecule has 2 aromatic carbocycles. The van der Waals surface area contributed by atoms with Crippen LogP contribution in [0.5, 0.6) is 0 Å². The molecule has 30 heavy (non-hydrogen) atoms. The second kappa shape index (κ2) is 12.2. The summed E-state index contributed by atoms with van der Waals surface area (Å²) >= 11 is 0. The maximum atomic E-state index is 12.3. The predicted octanol–water partition coefficient (Wildman–Crippen LogP) is 5.43. The van der Waals surface area contributed by atoms with Crippen LogP contribution in [0.4, 0.5) is 0 Å². The molecule has 0 heterocycles. The molecule has 0 radical (unpaired) electrons. The summed E-state index contributed by atoms with van der Waals surface area (Å²) in [5.74, 6) is -0.383. The molecule has 3 rings (SSSR count). The Kier molecular flexibility index (Phi) is 8.95. The Balaban J connectivity index is 1.38. The summed E-state index contributed by atoms with van der Waals surface area (Å²) in [5, 5.41) is 0. The van der Waals surface area contributed by atoms with Gasteiger partial charge in [0.05, 0.1) is 0 Å². The minimum atomic E-state index is -0.305. The molecular formula is C26H32O4. The van der Waals surface area contributed by atoms with Crippen molar-refractivity contribution in [2.45, 2.75) is 76.4 Å². The monoisotopic (exact) mass is 408 g/mol. The van der Waals surface area contributed by atoms with Crippen LogP contribution in [-0.4, -0.2) is 24.1 Å². The quantitative estimate of drug-likeness (QED) is 0.492. The van der Waals surface area contributed by atoms with Crippen molar-refractivity contribution >= 4 is 11.9 Å². The highest BCUT2D eigenvalue weighted by atomic mass is 16.6. The van der Waals surface area contributed by atoms with Gasteiger partial charge in [-0.05, 0) is 62.5 Å². The van der Waals surface area contributed by atoms with Crippen molar-refractivity contribution in [2.75, 3.05) is 0 Å². The Morgan fingerprint density at radius 2 is 1.07 bits per heavy atom. The molecule has 1 aliphatic carbocycles. The van der Waals surface area contributed by atoms with Crippen LogP contribution in [0.1, 0.15) is 62.5 Å². The smallest absolute Gasteiger partial charge is 0.306 e. The number of esters is 2. The lowest BCUT2D eigenvalue weighted by Crippen LogP contribution is -2.37. The highest BCUT2D eigenvalue weighted by Crippen LogP contribution is 2.25. The molecule has 4 nitrogen and oxygen atoms in total. The largest absolute Gasteiger partial charge is 0.458 e. The molecule has 1 saturated carbocycles. The molecule has 0 spiro atoms. The van der Waals surface area contributed by atoms with E-state index in [1.165, 1.54) is 11.1 Å². The second-order valence-electron chi connectivity index (χ2n) is 8.02. The van der Waals surface area contributed by atoms with Gasteiger partial charge in [-0.3, -0.25) is 9.59 Å². The summed E-state index contributed by atoms with van der Waals surface area (Å²) < 4.78 is 11.4. The van der Waals surface area contributed by atoms with Gasteiger partial charge in [0, 0.05) is 12.8 Å². The maximum absolute atomic E-state index is 12.3. The van der Waals surface area contributed by atoms with E-state index in [0.29, 0.717) is 12.8 Å². The summed E-state index contributed by atoms with van der Waals surface area (Å²) in [6.45, 7) is 0. The molecule has 0 amide bonds. The number of carbonyl (C=O) groups is 2. The fourth-order valence-corrected chi connectivity index (χ4v) is 3.95. The van der Waals surface area contributed by atoms with E-state index in [1.807, 2.05) is 36.4 Å². The van der Waals surface area contributed by atoms with E-state index in [2.05, 4.69) is 24.3 Å². The van der Waals surface area contributed by atoms with Gasteiger partial charge in [-0.1, -0.05) is 60.7 Å². The third-order valence-electron chi connectivity index (χ3n) is 5.59. The lowest BCUT2D eigenvalue weighted by Gasteiger charge is -2.30. The van der Waals surface area contributed by atoms with E-state index < -0.39 is 0 Å². The number of hydrogen-bond donors (Lipinski definition) is 0. The Morgan fingerprint density at radius 1 is 0.667 bits per heavy atom. The third kappa shape index (κ3) is 7.66. The summed E-state index contributed by atoms with van der Waals surface area (Å²) in [4.78, 5) is 24.6. The van der Waals surface area contributed by atoms with E-state index in [1.54, 1.807) is 0 Å². The average Bonchev–Trinajstić information content (AvgIpc) is 2.77. The summed E-state index contributed by atoms with van der Waals surface area (Å²) in [6.07, 6.45) is 6.97. The van der Waals surface area contributed by atoms with E-state index >= 15 is 0 Å². The molecule has 1 aliphatic rings. The minimum Gasteiger partial charge on any atom is -0.458 e. The van der Waals surface area contributed by atoms with Crippen LogP contribution in [0.3, 0.4) is 0 Å². The van der Waals surface area contributed by atoms with Gasteiger partial charge in [-0.15, -0.1) is 0 Å². The molecule has 0 unspecified atom stereocenters. The topological polar surface area (TPSA) is 52.6 Å². The van der Waals surface area contributed by atoms with Gasteiger partial charge in [-0.2, -0.15) is 0 Å². The van der Waals surface area contributed by atoms with Crippen LogP contribution < -0.4 is 0 Å². The van der Waals surface area contributed by atoms with Gasteiger partial charge in [0.15, 0.2) is 0 Å². The summed E-state index contributed by atoms with van der Waals surface area (Å²) in [5.41, 5.74) is 2.45. The first kappa shape index (κ1) is 22.1. The average molecular weight is 409 g/mol. The second-order valence-corrected chi connectivity index (χ2v) is 8.02. The molecule has 0 saturated heterocycles. The van der Waals surface area contributed by atoms with Gasteiger partial charge in [0.1, 0.15) is 12.2 Å². The van der Waals surface area contributed by atoms with Gasteiger partial charge in [0.25, 0.3) is 0 Å². The zero-order valence-corrected chi connectivity index (χ0v) is 17.6. The van der Waals surface area contributed by atoms with Gasteiger partial charge in [0.2, 0.25) is 0 Å². The van der Waals surface area contributed by atoms with Crippen molar-refractivity contribution in [3.8, 4) is 0 Å². The SMILES string of the molecule is O=C(CCCc1ccccc1)O[C@H]1CCCC[C@@H]1OC(=O)CCCc1ccccc1. The molecule has 0 N–H and O–H groups in total. The first-order valence-electron chi connectivity index (χ1n) is 11.2. The molecule has 4 heteroatoms. The fraction of sp³-hybridized carbons (Fsp3) is 0.462. The normalized spacial score (nSPS) is 18.5. The Bertz CT molecular complexity index is 705. The number of carbonyl (C=O) groups excluding carboxylic acids is 2. The van der Waals surface area contributed by atoms with Crippen molar-refractivity contribution in [3.05, 3.63) is 71.8 Å². The van der Waals surface area contributed by atoms with Gasteiger partial charge in [-0.25, -0.2) is 0 Å². The van der Waals surface area contributed by atoms with E-state index in [-0.39, 0.29) is 24.1 Å². The van der Waals surface area contributed by atoms with Crippen LogP contribution in [0.15, 0.2) is 60.7 Å². The van der Waals surface area contributed by atoms with Gasteiger partial charge < -0.3 is 9.47 Å². The zero-order chi connectivity index (χ0) is 21.0. The Hall–Kier alpha value is -2.62. The number of ether oxygens (including phenoxy) is 2. The van der Waals surface area contributed by atoms with Crippen LogP contribution >= 0.6 is 0 Å². The summed E-state index contributed by atoms with van der Waals surface area (Å²) in [7, 11) is 0. The lowest BCUT2D eigenvalue weighted by molar-refractivity contribution is -0.171.